The van der Waals surface area contributed by atoms with Crippen molar-refractivity contribution in [3.8, 4) is 5.75 Å². The first-order chi connectivity index (χ1) is 12.7. The highest BCUT2D eigenvalue weighted by atomic mass is 19.4. The lowest BCUT2D eigenvalue weighted by atomic mass is 10.1. The van der Waals surface area contributed by atoms with Crippen LogP contribution in [0.15, 0.2) is 24.3 Å². The van der Waals surface area contributed by atoms with Gasteiger partial charge in [0.15, 0.2) is 6.61 Å². The van der Waals surface area contributed by atoms with Gasteiger partial charge >= 0.3 is 12.3 Å². The van der Waals surface area contributed by atoms with Gasteiger partial charge < -0.3 is 14.8 Å². The lowest BCUT2D eigenvalue weighted by Gasteiger charge is -2.25. The van der Waals surface area contributed by atoms with Gasteiger partial charge in [-0.05, 0) is 44.4 Å². The molecule has 0 aliphatic carbocycles. The summed E-state index contributed by atoms with van der Waals surface area (Å²) in [7, 11) is 0. The van der Waals surface area contributed by atoms with Crippen molar-refractivity contribution < 1.29 is 32.2 Å². The highest BCUT2D eigenvalue weighted by molar-refractivity contribution is 5.86. The molecule has 0 bridgehead atoms. The van der Waals surface area contributed by atoms with E-state index >= 15 is 0 Å². The summed E-state index contributed by atoms with van der Waals surface area (Å²) in [4.78, 5) is 25.5. The summed E-state index contributed by atoms with van der Waals surface area (Å²) in [5.41, 5.74) is 0.818. The van der Waals surface area contributed by atoms with Gasteiger partial charge in [-0.2, -0.15) is 13.2 Å². The molecule has 9 heteroatoms. The Hall–Kier alpha value is -2.45. The standard InChI is InChI=1S/C18H23F3N2O4/c1-3-26-14-7-4-6-13(10-14)12(2)22-16(24)15-8-5-9-23(15)17(25)27-11-18(19,20)21/h4,6-7,10,12,15H,3,5,8-9,11H2,1-2H3,(H,22,24). The second-order valence-electron chi connectivity index (χ2n) is 6.26. The van der Waals surface area contributed by atoms with Gasteiger partial charge in [0.1, 0.15) is 11.8 Å². The maximum atomic E-state index is 12.5. The Kier molecular flexibility index (Phi) is 6.92. The molecule has 1 aliphatic heterocycles. The first-order valence-electron chi connectivity index (χ1n) is 8.74. The number of carbonyl (C=O) groups excluding carboxylic acids is 2. The van der Waals surface area contributed by atoms with Crippen molar-refractivity contribution >= 4 is 12.0 Å². The van der Waals surface area contributed by atoms with Crippen LogP contribution in [-0.2, 0) is 9.53 Å². The van der Waals surface area contributed by atoms with Crippen molar-refractivity contribution in [2.24, 2.45) is 0 Å². The minimum atomic E-state index is -4.60. The normalized spacial score (nSPS) is 18.1. The van der Waals surface area contributed by atoms with Crippen LogP contribution in [0.25, 0.3) is 0 Å². The van der Waals surface area contributed by atoms with E-state index in [4.69, 9.17) is 4.74 Å². The van der Waals surface area contributed by atoms with E-state index in [0.717, 1.165) is 10.5 Å². The second kappa shape index (κ2) is 8.96. The predicted octanol–water partition coefficient (Wildman–Crippen LogP) is 3.43. The molecule has 0 saturated carbocycles. The highest BCUT2D eigenvalue weighted by Crippen LogP contribution is 2.23. The van der Waals surface area contributed by atoms with Crippen LogP contribution in [-0.4, -0.2) is 48.9 Å². The molecule has 1 aromatic rings. The van der Waals surface area contributed by atoms with E-state index in [2.05, 4.69) is 10.1 Å². The summed E-state index contributed by atoms with van der Waals surface area (Å²) >= 11 is 0. The molecule has 1 N–H and O–H groups in total. The molecule has 2 rings (SSSR count). The average Bonchev–Trinajstić information content (AvgIpc) is 3.09. The molecule has 2 amide bonds. The number of ether oxygens (including phenoxy) is 2. The van der Waals surface area contributed by atoms with Crippen molar-refractivity contribution in [2.75, 3.05) is 19.8 Å². The van der Waals surface area contributed by atoms with Crippen LogP contribution in [0, 0.1) is 0 Å². The molecule has 6 nitrogen and oxygen atoms in total. The molecule has 0 radical (unpaired) electrons. The number of nitrogens with zero attached hydrogens (tertiary/aromatic N) is 1. The number of hydrogen-bond acceptors (Lipinski definition) is 4. The van der Waals surface area contributed by atoms with Crippen molar-refractivity contribution in [3.05, 3.63) is 29.8 Å². The van der Waals surface area contributed by atoms with E-state index in [1.54, 1.807) is 25.1 Å². The van der Waals surface area contributed by atoms with Gasteiger partial charge in [0.2, 0.25) is 5.91 Å². The fourth-order valence-corrected chi connectivity index (χ4v) is 2.92. The van der Waals surface area contributed by atoms with Crippen LogP contribution in [0.5, 0.6) is 5.75 Å². The van der Waals surface area contributed by atoms with Gasteiger partial charge in [0.05, 0.1) is 12.6 Å². The molecule has 0 aromatic heterocycles. The van der Waals surface area contributed by atoms with Crippen LogP contribution < -0.4 is 10.1 Å². The molecular formula is C18H23F3N2O4. The summed E-state index contributed by atoms with van der Waals surface area (Å²) in [6.45, 7) is 2.68. The topological polar surface area (TPSA) is 67.9 Å². The number of likely N-dealkylation sites (tertiary alicyclic amines) is 1. The third-order valence-corrected chi connectivity index (χ3v) is 4.18. The Balaban J connectivity index is 1.97. The van der Waals surface area contributed by atoms with E-state index in [0.29, 0.717) is 25.2 Å². The van der Waals surface area contributed by atoms with E-state index in [1.807, 2.05) is 13.0 Å². The first kappa shape index (κ1) is 20.9. The summed E-state index contributed by atoms with van der Waals surface area (Å²) in [5, 5.41) is 2.80. The van der Waals surface area contributed by atoms with Crippen LogP contribution in [0.3, 0.4) is 0 Å². The SMILES string of the molecule is CCOc1cccc(C(C)NC(=O)C2CCCN2C(=O)OCC(F)(F)F)c1. The molecular weight excluding hydrogens is 365 g/mol. The Morgan fingerprint density at radius 2 is 2.11 bits per heavy atom. The summed E-state index contributed by atoms with van der Waals surface area (Å²) in [6.07, 6.45) is -4.84. The van der Waals surface area contributed by atoms with Crippen LogP contribution in [0.4, 0.5) is 18.0 Å². The van der Waals surface area contributed by atoms with Gasteiger partial charge in [-0.25, -0.2) is 4.79 Å². The minimum absolute atomic E-state index is 0.184. The Labute approximate surface area is 155 Å². The van der Waals surface area contributed by atoms with Gasteiger partial charge in [0, 0.05) is 6.54 Å². The molecule has 1 aromatic carbocycles. The van der Waals surface area contributed by atoms with Gasteiger partial charge in [0.25, 0.3) is 0 Å². The molecule has 27 heavy (non-hydrogen) atoms. The van der Waals surface area contributed by atoms with Gasteiger partial charge in [-0.1, -0.05) is 12.1 Å². The number of rotatable bonds is 6. The zero-order valence-corrected chi connectivity index (χ0v) is 15.2. The number of carbonyl (C=O) groups is 2. The molecule has 0 spiro atoms. The fourth-order valence-electron chi connectivity index (χ4n) is 2.92. The van der Waals surface area contributed by atoms with E-state index in [9.17, 15) is 22.8 Å². The molecule has 1 aliphatic rings. The van der Waals surface area contributed by atoms with E-state index in [1.165, 1.54) is 0 Å². The van der Waals surface area contributed by atoms with Crippen molar-refractivity contribution in [3.63, 3.8) is 0 Å². The number of amides is 2. The van der Waals surface area contributed by atoms with Crippen molar-refractivity contribution in [2.45, 2.75) is 44.9 Å². The zero-order valence-electron chi connectivity index (χ0n) is 15.2. The van der Waals surface area contributed by atoms with E-state index in [-0.39, 0.29) is 12.6 Å². The second-order valence-corrected chi connectivity index (χ2v) is 6.26. The number of benzene rings is 1. The third-order valence-electron chi connectivity index (χ3n) is 4.18. The molecule has 1 heterocycles. The van der Waals surface area contributed by atoms with Gasteiger partial charge in [-0.3, -0.25) is 9.69 Å². The molecule has 2 atom stereocenters. The highest BCUT2D eigenvalue weighted by Gasteiger charge is 2.37. The average molecular weight is 388 g/mol. The lowest BCUT2D eigenvalue weighted by Crippen LogP contribution is -2.47. The minimum Gasteiger partial charge on any atom is -0.494 e. The molecule has 1 fully saturated rings. The summed E-state index contributed by atoms with van der Waals surface area (Å²) < 4.78 is 46.4. The zero-order chi connectivity index (χ0) is 20.0. The number of hydrogen-bond donors (Lipinski definition) is 1. The van der Waals surface area contributed by atoms with Crippen LogP contribution in [0.1, 0.15) is 38.3 Å². The quantitative estimate of drug-likeness (QED) is 0.811. The largest absolute Gasteiger partial charge is 0.494 e. The predicted molar refractivity (Wildman–Crippen MR) is 91.3 cm³/mol. The Morgan fingerprint density at radius 3 is 2.78 bits per heavy atom. The van der Waals surface area contributed by atoms with Crippen molar-refractivity contribution in [1.82, 2.24) is 10.2 Å². The maximum absolute atomic E-state index is 12.5. The maximum Gasteiger partial charge on any atom is 0.422 e. The number of halogens is 3. The first-order valence-corrected chi connectivity index (χ1v) is 8.74. The lowest BCUT2D eigenvalue weighted by molar-refractivity contribution is -0.162. The monoisotopic (exact) mass is 388 g/mol. The number of nitrogens with one attached hydrogen (secondary N) is 1. The fraction of sp³-hybridized carbons (Fsp3) is 0.556. The van der Waals surface area contributed by atoms with Crippen LogP contribution in [0.2, 0.25) is 0 Å². The summed E-state index contributed by atoms with van der Waals surface area (Å²) in [5.74, 6) is 0.250. The van der Waals surface area contributed by atoms with Crippen molar-refractivity contribution in [1.29, 1.82) is 0 Å². The third kappa shape index (κ3) is 6.04. The number of alkyl halides is 3. The Bertz CT molecular complexity index is 666. The molecule has 2 unspecified atom stereocenters. The van der Waals surface area contributed by atoms with E-state index < -0.39 is 30.8 Å². The molecule has 150 valence electrons. The van der Waals surface area contributed by atoms with Crippen LogP contribution >= 0.6 is 0 Å². The molecule has 1 saturated heterocycles. The summed E-state index contributed by atoms with van der Waals surface area (Å²) in [6, 6.07) is 6.04. The smallest absolute Gasteiger partial charge is 0.422 e. The Morgan fingerprint density at radius 1 is 1.37 bits per heavy atom. The van der Waals surface area contributed by atoms with Gasteiger partial charge in [-0.15, -0.1) is 0 Å².